The molecule has 0 aliphatic heterocycles. The summed E-state index contributed by atoms with van der Waals surface area (Å²) in [5.74, 6) is 0. The van der Waals surface area contributed by atoms with Crippen molar-refractivity contribution in [2.75, 3.05) is 0 Å². The van der Waals surface area contributed by atoms with Crippen molar-refractivity contribution in [2.24, 2.45) is 5.73 Å². The summed E-state index contributed by atoms with van der Waals surface area (Å²) in [7, 11) is 0. The second-order valence-corrected chi connectivity index (χ2v) is 3.38. The third-order valence-corrected chi connectivity index (χ3v) is 1.84. The Bertz CT molecular complexity index is 170. The molecule has 1 rings (SSSR count). The first-order chi connectivity index (χ1) is 4.61. The minimum atomic E-state index is -0.120. The van der Waals surface area contributed by atoms with Crippen LogP contribution in [-0.2, 0) is 0 Å². The van der Waals surface area contributed by atoms with E-state index < -0.39 is 0 Å². The average Bonchev–Trinajstić information content (AvgIpc) is 1.88. The maximum absolute atomic E-state index is 5.91. The number of hydrogen-bond acceptors (Lipinski definition) is 1. The molecular formula is C9H15N. The van der Waals surface area contributed by atoms with E-state index >= 15 is 0 Å². The van der Waals surface area contributed by atoms with Crippen molar-refractivity contribution in [1.82, 2.24) is 0 Å². The zero-order valence-corrected chi connectivity index (χ0v) is 6.72. The van der Waals surface area contributed by atoms with Gasteiger partial charge in [-0.3, -0.25) is 0 Å². The summed E-state index contributed by atoms with van der Waals surface area (Å²) in [6.45, 7) is 4.11. The predicted molar refractivity (Wildman–Crippen MR) is 44.7 cm³/mol. The molecule has 0 heterocycles. The summed E-state index contributed by atoms with van der Waals surface area (Å²) in [4.78, 5) is 0. The van der Waals surface area contributed by atoms with E-state index in [0.717, 1.165) is 12.8 Å². The Labute approximate surface area is 62.6 Å². The summed E-state index contributed by atoms with van der Waals surface area (Å²) in [5, 5.41) is 0. The van der Waals surface area contributed by atoms with Gasteiger partial charge in [-0.2, -0.15) is 0 Å². The van der Waals surface area contributed by atoms with Crippen LogP contribution in [0.3, 0.4) is 0 Å². The highest BCUT2D eigenvalue weighted by Crippen LogP contribution is 2.21. The van der Waals surface area contributed by atoms with E-state index in [1.165, 1.54) is 5.57 Å². The van der Waals surface area contributed by atoms with Crippen LogP contribution in [0.2, 0.25) is 0 Å². The van der Waals surface area contributed by atoms with Crippen LogP contribution in [-0.4, -0.2) is 5.54 Å². The summed E-state index contributed by atoms with van der Waals surface area (Å²) in [6, 6.07) is 0. The van der Waals surface area contributed by atoms with Gasteiger partial charge in [-0.05, 0) is 26.7 Å². The Balaban J connectivity index is 2.72. The molecule has 0 spiro atoms. The van der Waals surface area contributed by atoms with Crippen LogP contribution < -0.4 is 5.73 Å². The first-order valence-electron chi connectivity index (χ1n) is 3.76. The zero-order valence-electron chi connectivity index (χ0n) is 6.72. The Morgan fingerprint density at radius 2 is 2.20 bits per heavy atom. The molecule has 1 aliphatic rings. The number of nitrogens with two attached hydrogens (primary N) is 1. The smallest absolute Gasteiger partial charge is 0.0314 e. The summed E-state index contributed by atoms with van der Waals surface area (Å²) in [5.41, 5.74) is 7.14. The van der Waals surface area contributed by atoms with Crippen LogP contribution in [0.4, 0.5) is 0 Å². The van der Waals surface area contributed by atoms with Gasteiger partial charge in [-0.1, -0.05) is 23.8 Å². The molecule has 10 heavy (non-hydrogen) atoms. The predicted octanol–water partition coefficient (Wildman–Crippen LogP) is 2.00. The van der Waals surface area contributed by atoms with Gasteiger partial charge in [0.2, 0.25) is 0 Å². The summed E-state index contributed by atoms with van der Waals surface area (Å²) >= 11 is 0. The standard InChI is InChI=1S/C9H15N/c1-9(2,10)8-6-4-3-5-7-8/h3-4,6H,5,7,10H2,1-2H3. The molecule has 0 aromatic heterocycles. The van der Waals surface area contributed by atoms with Gasteiger partial charge in [0.15, 0.2) is 0 Å². The largest absolute Gasteiger partial charge is 0.322 e. The van der Waals surface area contributed by atoms with E-state index in [2.05, 4.69) is 32.1 Å². The van der Waals surface area contributed by atoms with Gasteiger partial charge in [0, 0.05) is 5.54 Å². The topological polar surface area (TPSA) is 26.0 Å². The van der Waals surface area contributed by atoms with Gasteiger partial charge in [0.25, 0.3) is 0 Å². The van der Waals surface area contributed by atoms with E-state index in [4.69, 9.17) is 5.73 Å². The molecule has 0 radical (unpaired) electrons. The van der Waals surface area contributed by atoms with Crippen LogP contribution in [0.1, 0.15) is 26.7 Å². The van der Waals surface area contributed by atoms with Crippen LogP contribution >= 0.6 is 0 Å². The molecule has 0 fully saturated rings. The molecule has 1 aliphatic carbocycles. The molecule has 1 heteroatoms. The van der Waals surface area contributed by atoms with Crippen molar-refractivity contribution in [3.63, 3.8) is 0 Å². The Kier molecular flexibility index (Phi) is 1.95. The SMILES string of the molecule is CC(C)(N)C1=CC=CCC1. The second kappa shape index (κ2) is 2.59. The molecular weight excluding hydrogens is 122 g/mol. The molecule has 0 aromatic rings. The van der Waals surface area contributed by atoms with Gasteiger partial charge >= 0.3 is 0 Å². The average molecular weight is 137 g/mol. The van der Waals surface area contributed by atoms with Crippen molar-refractivity contribution in [3.8, 4) is 0 Å². The first-order valence-corrected chi connectivity index (χ1v) is 3.76. The van der Waals surface area contributed by atoms with E-state index in [1.807, 2.05) is 0 Å². The fourth-order valence-corrected chi connectivity index (χ4v) is 1.14. The van der Waals surface area contributed by atoms with Crippen molar-refractivity contribution in [3.05, 3.63) is 23.8 Å². The molecule has 0 amide bonds. The maximum atomic E-state index is 5.91. The first kappa shape index (κ1) is 7.55. The lowest BCUT2D eigenvalue weighted by Crippen LogP contribution is -2.34. The molecule has 0 saturated heterocycles. The lowest BCUT2D eigenvalue weighted by Gasteiger charge is -2.23. The third kappa shape index (κ3) is 1.71. The molecule has 0 bridgehead atoms. The lowest BCUT2D eigenvalue weighted by atomic mass is 9.89. The highest BCUT2D eigenvalue weighted by atomic mass is 14.7. The Morgan fingerprint density at radius 3 is 2.50 bits per heavy atom. The van der Waals surface area contributed by atoms with Crippen molar-refractivity contribution in [1.29, 1.82) is 0 Å². The monoisotopic (exact) mass is 137 g/mol. The molecule has 1 nitrogen and oxygen atoms in total. The molecule has 56 valence electrons. The van der Waals surface area contributed by atoms with Gasteiger partial charge in [0.1, 0.15) is 0 Å². The number of allylic oxidation sites excluding steroid dienone is 3. The lowest BCUT2D eigenvalue weighted by molar-refractivity contribution is 0.581. The second-order valence-electron chi connectivity index (χ2n) is 3.38. The van der Waals surface area contributed by atoms with E-state index in [-0.39, 0.29) is 5.54 Å². The van der Waals surface area contributed by atoms with Crippen LogP contribution in [0.15, 0.2) is 23.8 Å². The molecule has 0 saturated carbocycles. The van der Waals surface area contributed by atoms with E-state index in [0.29, 0.717) is 0 Å². The van der Waals surface area contributed by atoms with Gasteiger partial charge in [-0.15, -0.1) is 0 Å². The Hall–Kier alpha value is -0.560. The minimum Gasteiger partial charge on any atom is -0.322 e. The van der Waals surface area contributed by atoms with Crippen LogP contribution in [0.5, 0.6) is 0 Å². The Morgan fingerprint density at radius 1 is 1.50 bits per heavy atom. The van der Waals surface area contributed by atoms with Crippen LogP contribution in [0, 0.1) is 0 Å². The fourth-order valence-electron chi connectivity index (χ4n) is 1.14. The zero-order chi connectivity index (χ0) is 7.61. The molecule has 0 aromatic carbocycles. The highest BCUT2D eigenvalue weighted by Gasteiger charge is 2.16. The number of rotatable bonds is 1. The van der Waals surface area contributed by atoms with Crippen LogP contribution in [0.25, 0.3) is 0 Å². The van der Waals surface area contributed by atoms with Gasteiger partial charge < -0.3 is 5.73 Å². The molecule has 0 unspecified atom stereocenters. The molecule has 0 atom stereocenters. The van der Waals surface area contributed by atoms with Crippen molar-refractivity contribution < 1.29 is 0 Å². The highest BCUT2D eigenvalue weighted by molar-refractivity contribution is 5.25. The quantitative estimate of drug-likeness (QED) is 0.587. The van der Waals surface area contributed by atoms with Crippen molar-refractivity contribution in [2.45, 2.75) is 32.2 Å². The van der Waals surface area contributed by atoms with E-state index in [9.17, 15) is 0 Å². The fraction of sp³-hybridized carbons (Fsp3) is 0.556. The third-order valence-electron chi connectivity index (χ3n) is 1.84. The van der Waals surface area contributed by atoms with E-state index in [1.54, 1.807) is 0 Å². The number of hydrogen-bond donors (Lipinski definition) is 1. The molecule has 2 N–H and O–H groups in total. The summed E-state index contributed by atoms with van der Waals surface area (Å²) < 4.78 is 0. The van der Waals surface area contributed by atoms with Gasteiger partial charge in [0.05, 0.1) is 0 Å². The van der Waals surface area contributed by atoms with Crippen molar-refractivity contribution >= 4 is 0 Å². The summed E-state index contributed by atoms with van der Waals surface area (Å²) in [6.07, 6.45) is 8.67. The normalized spacial score (nSPS) is 18.9. The minimum absolute atomic E-state index is 0.120. The van der Waals surface area contributed by atoms with Gasteiger partial charge in [-0.25, -0.2) is 0 Å². The maximum Gasteiger partial charge on any atom is 0.0314 e.